The van der Waals surface area contributed by atoms with Crippen molar-refractivity contribution < 1.29 is 13.5 Å². The van der Waals surface area contributed by atoms with Crippen molar-refractivity contribution in [3.8, 4) is 0 Å². The maximum absolute atomic E-state index is 12.3. The lowest BCUT2D eigenvalue weighted by Crippen LogP contribution is -2.30. The highest BCUT2D eigenvalue weighted by Gasteiger charge is 2.32. The fourth-order valence-electron chi connectivity index (χ4n) is 0.732. The van der Waals surface area contributed by atoms with Crippen molar-refractivity contribution in [3.05, 3.63) is 0 Å². The van der Waals surface area contributed by atoms with Crippen LogP contribution in [0.25, 0.3) is 0 Å². The highest BCUT2D eigenvalue weighted by Crippen LogP contribution is 2.21. The topological polar surface area (TPSA) is 9.23 Å². The summed E-state index contributed by atoms with van der Waals surface area (Å²) in [6, 6.07) is 0. The third-order valence-electron chi connectivity index (χ3n) is 1.22. The molecule has 0 aliphatic heterocycles. The molecule has 1 unspecified atom stereocenters. The van der Waals surface area contributed by atoms with E-state index in [1.54, 1.807) is 6.92 Å². The summed E-state index contributed by atoms with van der Waals surface area (Å²) < 4.78 is 29.0. The molecule has 56 valence electrons. The molecule has 0 fully saturated rings. The Morgan fingerprint density at radius 3 is 2.00 bits per heavy atom. The van der Waals surface area contributed by atoms with Gasteiger partial charge in [-0.15, -0.1) is 0 Å². The van der Waals surface area contributed by atoms with Gasteiger partial charge in [0.15, 0.2) is 0 Å². The lowest BCUT2D eigenvalue weighted by molar-refractivity contribution is -0.111. The van der Waals surface area contributed by atoms with E-state index in [0.29, 0.717) is 6.42 Å². The molecule has 0 aromatic carbocycles. The van der Waals surface area contributed by atoms with Gasteiger partial charge in [-0.05, 0) is 6.42 Å². The Morgan fingerprint density at radius 2 is 2.00 bits per heavy atom. The number of hydrogen-bond acceptors (Lipinski definition) is 1. The van der Waals surface area contributed by atoms with Crippen LogP contribution in [0, 0.1) is 0 Å². The molecule has 0 bridgehead atoms. The molecule has 0 aromatic rings. The van der Waals surface area contributed by atoms with Crippen molar-refractivity contribution in [2.75, 3.05) is 7.11 Å². The van der Waals surface area contributed by atoms with Crippen molar-refractivity contribution in [1.29, 1.82) is 0 Å². The zero-order chi connectivity index (χ0) is 7.49. The lowest BCUT2D eigenvalue weighted by atomic mass is 10.2. The fourth-order valence-corrected chi connectivity index (χ4v) is 0.732. The third kappa shape index (κ3) is 2.75. The SMILES string of the molecule is CCC(OC)C(C)(F)F. The van der Waals surface area contributed by atoms with Gasteiger partial charge in [-0.1, -0.05) is 6.92 Å². The summed E-state index contributed by atoms with van der Waals surface area (Å²) in [6.07, 6.45) is -0.586. The Morgan fingerprint density at radius 1 is 1.56 bits per heavy atom. The molecule has 0 radical (unpaired) electrons. The first-order valence-electron chi connectivity index (χ1n) is 2.93. The molecule has 0 N–H and O–H groups in total. The molecule has 0 saturated carbocycles. The Labute approximate surface area is 54.0 Å². The molecule has 0 amide bonds. The average molecular weight is 138 g/mol. The predicted molar refractivity (Wildman–Crippen MR) is 31.7 cm³/mol. The van der Waals surface area contributed by atoms with Gasteiger partial charge in [0, 0.05) is 14.0 Å². The third-order valence-corrected chi connectivity index (χ3v) is 1.22. The Balaban J connectivity index is 3.79. The van der Waals surface area contributed by atoms with Gasteiger partial charge in [0.2, 0.25) is 0 Å². The summed E-state index contributed by atoms with van der Waals surface area (Å²) in [5.74, 6) is -2.70. The minimum Gasteiger partial charge on any atom is -0.375 e. The highest BCUT2D eigenvalue weighted by molar-refractivity contribution is 4.69. The van der Waals surface area contributed by atoms with Crippen LogP contribution in [-0.2, 0) is 4.74 Å². The summed E-state index contributed by atoms with van der Waals surface area (Å²) in [5.41, 5.74) is 0. The second kappa shape index (κ2) is 3.11. The van der Waals surface area contributed by atoms with Gasteiger partial charge >= 0.3 is 0 Å². The minimum absolute atomic E-state index is 0.347. The van der Waals surface area contributed by atoms with Crippen LogP contribution in [0.2, 0.25) is 0 Å². The van der Waals surface area contributed by atoms with Gasteiger partial charge in [-0.3, -0.25) is 0 Å². The van der Waals surface area contributed by atoms with Crippen molar-refractivity contribution in [2.24, 2.45) is 0 Å². The molecule has 0 saturated heterocycles. The van der Waals surface area contributed by atoms with E-state index in [0.717, 1.165) is 6.92 Å². The van der Waals surface area contributed by atoms with E-state index < -0.39 is 12.0 Å². The first-order chi connectivity index (χ1) is 4.02. The number of methoxy groups -OCH3 is 1. The Bertz CT molecular complexity index is 73.6. The van der Waals surface area contributed by atoms with Crippen LogP contribution in [0.5, 0.6) is 0 Å². The molecule has 0 aromatic heterocycles. The summed E-state index contributed by atoms with van der Waals surface area (Å²) >= 11 is 0. The van der Waals surface area contributed by atoms with Gasteiger partial charge in [-0.2, -0.15) is 0 Å². The monoisotopic (exact) mass is 138 g/mol. The van der Waals surface area contributed by atoms with E-state index in [-0.39, 0.29) is 0 Å². The molecule has 1 nitrogen and oxygen atoms in total. The summed E-state index contributed by atoms with van der Waals surface area (Å²) in [7, 11) is 1.30. The number of hydrogen-bond donors (Lipinski definition) is 0. The van der Waals surface area contributed by atoms with Crippen LogP contribution in [0.4, 0.5) is 8.78 Å². The zero-order valence-corrected chi connectivity index (χ0v) is 5.95. The van der Waals surface area contributed by atoms with Gasteiger partial charge < -0.3 is 4.74 Å². The summed E-state index contributed by atoms with van der Waals surface area (Å²) in [6.45, 7) is 2.54. The van der Waals surface area contributed by atoms with Crippen LogP contribution in [0.1, 0.15) is 20.3 Å². The second-order valence-electron chi connectivity index (χ2n) is 2.09. The predicted octanol–water partition coefficient (Wildman–Crippen LogP) is 2.07. The van der Waals surface area contributed by atoms with Crippen molar-refractivity contribution in [3.63, 3.8) is 0 Å². The molecule has 0 aliphatic carbocycles. The maximum Gasteiger partial charge on any atom is 0.270 e. The molecule has 0 aliphatic rings. The Hall–Kier alpha value is -0.180. The minimum atomic E-state index is -2.70. The number of halogens is 2. The first-order valence-corrected chi connectivity index (χ1v) is 2.93. The van der Waals surface area contributed by atoms with E-state index in [1.807, 2.05) is 0 Å². The van der Waals surface area contributed by atoms with E-state index in [1.165, 1.54) is 7.11 Å². The van der Waals surface area contributed by atoms with Crippen LogP contribution in [0.15, 0.2) is 0 Å². The second-order valence-corrected chi connectivity index (χ2v) is 2.09. The molecule has 3 heteroatoms. The zero-order valence-electron chi connectivity index (χ0n) is 5.95. The molecule has 9 heavy (non-hydrogen) atoms. The van der Waals surface area contributed by atoms with Gasteiger partial charge in [0.05, 0.1) is 0 Å². The smallest absolute Gasteiger partial charge is 0.270 e. The standard InChI is InChI=1S/C6H12F2O/c1-4-5(9-3)6(2,7)8/h5H,4H2,1-3H3. The van der Waals surface area contributed by atoms with Gasteiger partial charge in [-0.25, -0.2) is 8.78 Å². The molecule has 0 spiro atoms. The molecule has 1 atom stereocenters. The summed E-state index contributed by atoms with van der Waals surface area (Å²) in [4.78, 5) is 0. The summed E-state index contributed by atoms with van der Waals surface area (Å²) in [5, 5.41) is 0. The molecular weight excluding hydrogens is 126 g/mol. The molecule has 0 rings (SSSR count). The van der Waals surface area contributed by atoms with Crippen LogP contribution >= 0.6 is 0 Å². The first kappa shape index (κ1) is 8.82. The largest absolute Gasteiger partial charge is 0.375 e. The van der Waals surface area contributed by atoms with E-state index in [9.17, 15) is 8.78 Å². The molecular formula is C6H12F2O. The van der Waals surface area contributed by atoms with E-state index in [4.69, 9.17) is 0 Å². The van der Waals surface area contributed by atoms with E-state index >= 15 is 0 Å². The van der Waals surface area contributed by atoms with Gasteiger partial charge in [0.1, 0.15) is 6.10 Å². The van der Waals surface area contributed by atoms with E-state index in [2.05, 4.69) is 4.74 Å². The number of rotatable bonds is 3. The van der Waals surface area contributed by atoms with Crippen LogP contribution in [-0.4, -0.2) is 19.1 Å². The van der Waals surface area contributed by atoms with Gasteiger partial charge in [0.25, 0.3) is 5.92 Å². The quantitative estimate of drug-likeness (QED) is 0.580. The van der Waals surface area contributed by atoms with Crippen LogP contribution in [0.3, 0.4) is 0 Å². The fraction of sp³-hybridized carbons (Fsp3) is 1.00. The van der Waals surface area contributed by atoms with Crippen molar-refractivity contribution in [2.45, 2.75) is 32.3 Å². The van der Waals surface area contributed by atoms with Crippen molar-refractivity contribution >= 4 is 0 Å². The maximum atomic E-state index is 12.3. The molecule has 0 heterocycles. The van der Waals surface area contributed by atoms with Crippen molar-refractivity contribution in [1.82, 2.24) is 0 Å². The number of alkyl halides is 2. The van der Waals surface area contributed by atoms with Crippen LogP contribution < -0.4 is 0 Å². The highest BCUT2D eigenvalue weighted by atomic mass is 19.3. The normalized spacial score (nSPS) is 15.7. The lowest BCUT2D eigenvalue weighted by Gasteiger charge is -2.19. The number of ether oxygens (including phenoxy) is 1. The average Bonchev–Trinajstić information content (AvgIpc) is 1.65. The Kier molecular flexibility index (Phi) is 3.04.